The molecule has 0 saturated heterocycles. The first-order valence-corrected chi connectivity index (χ1v) is 7.26. The van der Waals surface area contributed by atoms with E-state index in [1.807, 2.05) is 6.07 Å². The highest BCUT2D eigenvalue weighted by Crippen LogP contribution is 2.22. The number of hydrogen-bond acceptors (Lipinski definition) is 3. The van der Waals surface area contributed by atoms with Crippen molar-refractivity contribution in [2.45, 2.75) is 40.3 Å². The summed E-state index contributed by atoms with van der Waals surface area (Å²) in [4.78, 5) is 12.2. The van der Waals surface area contributed by atoms with Crippen LogP contribution in [0.5, 0.6) is 0 Å². The lowest BCUT2D eigenvalue weighted by molar-refractivity contribution is 0.577. The van der Waals surface area contributed by atoms with Gasteiger partial charge in [-0.3, -0.25) is 4.79 Å². The van der Waals surface area contributed by atoms with Crippen LogP contribution in [-0.2, 0) is 13.6 Å². The third-order valence-corrected chi connectivity index (χ3v) is 3.50. The second-order valence-electron chi connectivity index (χ2n) is 5.84. The van der Waals surface area contributed by atoms with Gasteiger partial charge in [-0.25, -0.2) is 4.68 Å². The Labute approximate surface area is 125 Å². The van der Waals surface area contributed by atoms with Gasteiger partial charge in [-0.15, -0.1) is 0 Å². The predicted octanol–water partition coefficient (Wildman–Crippen LogP) is 2.56. The zero-order chi connectivity index (χ0) is 15.6. The van der Waals surface area contributed by atoms with Crippen LogP contribution in [0, 0.1) is 13.8 Å². The topological polar surface area (TPSA) is 46.9 Å². The first-order valence-electron chi connectivity index (χ1n) is 7.26. The maximum absolute atomic E-state index is 12.2. The highest BCUT2D eigenvalue weighted by molar-refractivity contribution is 5.64. The molecule has 0 amide bonds. The molecule has 0 saturated carbocycles. The van der Waals surface area contributed by atoms with Gasteiger partial charge < -0.3 is 5.32 Å². The van der Waals surface area contributed by atoms with Gasteiger partial charge in [-0.05, 0) is 25.5 Å². The Balaban J connectivity index is 2.47. The quantitative estimate of drug-likeness (QED) is 0.939. The third-order valence-electron chi connectivity index (χ3n) is 3.50. The monoisotopic (exact) mass is 285 g/mol. The first-order chi connectivity index (χ1) is 9.88. The smallest absolute Gasteiger partial charge is 0.271 e. The minimum absolute atomic E-state index is 0.0448. The van der Waals surface area contributed by atoms with Gasteiger partial charge in [0.05, 0.1) is 5.69 Å². The van der Waals surface area contributed by atoms with Gasteiger partial charge in [0, 0.05) is 30.8 Å². The lowest BCUT2D eigenvalue weighted by atomic mass is 10.0. The summed E-state index contributed by atoms with van der Waals surface area (Å²) in [7, 11) is 1.70. The maximum atomic E-state index is 12.2. The number of rotatable bonds is 4. The molecule has 0 aliphatic carbocycles. The van der Waals surface area contributed by atoms with Crippen molar-refractivity contribution in [2.24, 2.45) is 7.05 Å². The van der Waals surface area contributed by atoms with Crippen molar-refractivity contribution in [1.29, 1.82) is 0 Å². The van der Waals surface area contributed by atoms with Gasteiger partial charge >= 0.3 is 0 Å². The summed E-state index contributed by atoms with van der Waals surface area (Å²) in [6, 6.07) is 8.51. The van der Waals surface area contributed by atoms with Crippen LogP contribution in [0.15, 0.2) is 29.1 Å². The molecule has 0 bridgehead atoms. The van der Waals surface area contributed by atoms with Crippen molar-refractivity contribution in [3.05, 3.63) is 51.3 Å². The Morgan fingerprint density at radius 3 is 2.57 bits per heavy atom. The minimum Gasteiger partial charge on any atom is -0.310 e. The van der Waals surface area contributed by atoms with Crippen LogP contribution < -0.4 is 10.9 Å². The summed E-state index contributed by atoms with van der Waals surface area (Å²) in [5.74, 6) is 0. The van der Waals surface area contributed by atoms with Crippen LogP contribution in [0.4, 0.5) is 0 Å². The molecule has 1 aromatic heterocycles. The molecule has 0 spiro atoms. The number of nitrogens with zero attached hydrogens (tertiary/aromatic N) is 2. The normalized spacial score (nSPS) is 11.1. The van der Waals surface area contributed by atoms with Crippen molar-refractivity contribution in [1.82, 2.24) is 15.1 Å². The van der Waals surface area contributed by atoms with Crippen molar-refractivity contribution in [2.75, 3.05) is 0 Å². The van der Waals surface area contributed by atoms with Gasteiger partial charge in [0.1, 0.15) is 0 Å². The largest absolute Gasteiger partial charge is 0.310 e. The molecule has 0 unspecified atom stereocenters. The van der Waals surface area contributed by atoms with E-state index >= 15 is 0 Å². The number of benzene rings is 1. The molecule has 4 heteroatoms. The zero-order valence-electron chi connectivity index (χ0n) is 13.4. The zero-order valence-corrected chi connectivity index (χ0v) is 13.4. The first kappa shape index (κ1) is 15.4. The third kappa shape index (κ3) is 3.58. The molecule has 1 N–H and O–H groups in total. The molecular weight excluding hydrogens is 262 g/mol. The Morgan fingerprint density at radius 1 is 1.24 bits per heavy atom. The van der Waals surface area contributed by atoms with Gasteiger partial charge in [0.25, 0.3) is 5.56 Å². The summed E-state index contributed by atoms with van der Waals surface area (Å²) < 4.78 is 1.42. The number of aryl methyl sites for hydroxylation is 3. The average molecular weight is 285 g/mol. The fourth-order valence-corrected chi connectivity index (χ4v) is 2.34. The van der Waals surface area contributed by atoms with Crippen LogP contribution >= 0.6 is 0 Å². The van der Waals surface area contributed by atoms with Gasteiger partial charge in [-0.1, -0.05) is 37.6 Å². The Bertz CT molecular complexity index is 702. The van der Waals surface area contributed by atoms with E-state index in [0.717, 1.165) is 16.8 Å². The van der Waals surface area contributed by atoms with E-state index in [-0.39, 0.29) is 5.56 Å². The van der Waals surface area contributed by atoms with Crippen LogP contribution in [0.3, 0.4) is 0 Å². The summed E-state index contributed by atoms with van der Waals surface area (Å²) >= 11 is 0. The van der Waals surface area contributed by atoms with Crippen LogP contribution in [0.1, 0.15) is 30.5 Å². The molecule has 21 heavy (non-hydrogen) atoms. The minimum atomic E-state index is -0.0448. The summed E-state index contributed by atoms with van der Waals surface area (Å²) in [6.07, 6.45) is 0. The fourth-order valence-electron chi connectivity index (χ4n) is 2.34. The average Bonchev–Trinajstić information content (AvgIpc) is 2.40. The van der Waals surface area contributed by atoms with Gasteiger partial charge in [-0.2, -0.15) is 5.10 Å². The van der Waals surface area contributed by atoms with Crippen molar-refractivity contribution < 1.29 is 0 Å². The predicted molar refractivity (Wildman–Crippen MR) is 86.4 cm³/mol. The molecule has 0 aliphatic rings. The second-order valence-corrected chi connectivity index (χ2v) is 5.84. The molecule has 2 aromatic rings. The lowest BCUT2D eigenvalue weighted by Crippen LogP contribution is -2.30. The molecule has 1 heterocycles. The molecular formula is C17H23N3O. The van der Waals surface area contributed by atoms with E-state index in [1.165, 1.54) is 15.8 Å². The van der Waals surface area contributed by atoms with Gasteiger partial charge in [0.15, 0.2) is 0 Å². The molecule has 4 nitrogen and oxygen atoms in total. The number of nitrogens with one attached hydrogen (secondary N) is 1. The Morgan fingerprint density at radius 2 is 1.95 bits per heavy atom. The number of hydrogen-bond donors (Lipinski definition) is 1. The van der Waals surface area contributed by atoms with Gasteiger partial charge in [0.2, 0.25) is 0 Å². The van der Waals surface area contributed by atoms with Crippen LogP contribution in [0.2, 0.25) is 0 Å². The standard InChI is InChI=1S/C17H23N3O/c1-11(2)18-10-14-9-16(19-20(5)17(14)21)15-7-6-12(3)8-13(15)4/h6-9,11,18H,10H2,1-5H3. The van der Waals surface area contributed by atoms with E-state index in [4.69, 9.17) is 0 Å². The maximum Gasteiger partial charge on any atom is 0.271 e. The molecule has 0 aliphatic heterocycles. The lowest BCUT2D eigenvalue weighted by Gasteiger charge is -2.12. The van der Waals surface area contributed by atoms with E-state index in [1.54, 1.807) is 7.05 Å². The van der Waals surface area contributed by atoms with E-state index in [9.17, 15) is 4.79 Å². The molecule has 2 rings (SSSR count). The molecule has 1 aromatic carbocycles. The van der Waals surface area contributed by atoms with Crippen LogP contribution in [-0.4, -0.2) is 15.8 Å². The second kappa shape index (κ2) is 6.22. The van der Waals surface area contributed by atoms with Crippen molar-refractivity contribution in [3.63, 3.8) is 0 Å². The van der Waals surface area contributed by atoms with E-state index in [2.05, 4.69) is 56.3 Å². The molecule has 0 radical (unpaired) electrons. The van der Waals surface area contributed by atoms with Crippen LogP contribution in [0.25, 0.3) is 11.3 Å². The Kier molecular flexibility index (Phi) is 4.58. The highest BCUT2D eigenvalue weighted by Gasteiger charge is 2.10. The summed E-state index contributed by atoms with van der Waals surface area (Å²) in [6.45, 7) is 8.84. The molecule has 112 valence electrons. The SMILES string of the molecule is Cc1ccc(-c2cc(CNC(C)C)c(=O)n(C)n2)c(C)c1. The summed E-state index contributed by atoms with van der Waals surface area (Å²) in [5, 5.41) is 7.69. The highest BCUT2D eigenvalue weighted by atomic mass is 16.1. The Hall–Kier alpha value is -1.94. The number of aromatic nitrogens is 2. The fraction of sp³-hybridized carbons (Fsp3) is 0.412. The van der Waals surface area contributed by atoms with E-state index < -0.39 is 0 Å². The van der Waals surface area contributed by atoms with Crippen molar-refractivity contribution in [3.8, 4) is 11.3 Å². The molecule has 0 fully saturated rings. The van der Waals surface area contributed by atoms with Crippen molar-refractivity contribution >= 4 is 0 Å². The molecule has 0 atom stereocenters. The van der Waals surface area contributed by atoms with E-state index in [0.29, 0.717) is 12.6 Å². The summed E-state index contributed by atoms with van der Waals surface area (Å²) in [5.41, 5.74) is 5.01.